The molecular weight excluding hydrogens is 366 g/mol. The van der Waals surface area contributed by atoms with Gasteiger partial charge < -0.3 is 10.1 Å². The zero-order valence-corrected chi connectivity index (χ0v) is 16.9. The van der Waals surface area contributed by atoms with Crippen molar-refractivity contribution in [1.29, 1.82) is 0 Å². The summed E-state index contributed by atoms with van der Waals surface area (Å²) in [4.78, 5) is 12.5. The van der Waals surface area contributed by atoms with Gasteiger partial charge in [0.1, 0.15) is 11.4 Å². The fourth-order valence-electron chi connectivity index (χ4n) is 3.19. The molecule has 1 aliphatic rings. The quantitative estimate of drug-likeness (QED) is 0.753. The molecule has 1 unspecified atom stereocenters. The highest BCUT2D eigenvalue weighted by Crippen LogP contribution is 2.39. The minimum Gasteiger partial charge on any atom is -0.487 e. The molecule has 26 heavy (non-hydrogen) atoms. The zero-order valence-electron chi connectivity index (χ0n) is 15.3. The molecule has 0 saturated carbocycles. The molecule has 1 aliphatic heterocycles. The molecule has 1 N–H and O–H groups in total. The Hall–Kier alpha value is -1.65. The fraction of sp³-hybridized carbons (Fsp3) is 0.381. The molecule has 138 valence electrons. The van der Waals surface area contributed by atoms with Crippen LogP contribution >= 0.6 is 23.4 Å². The average molecular weight is 390 g/mol. The van der Waals surface area contributed by atoms with Crippen LogP contribution in [0.1, 0.15) is 43.0 Å². The lowest BCUT2D eigenvalue weighted by atomic mass is 9.89. The first-order valence-corrected chi connectivity index (χ1v) is 10.3. The van der Waals surface area contributed by atoms with E-state index >= 15 is 0 Å². The van der Waals surface area contributed by atoms with E-state index in [9.17, 15) is 4.79 Å². The van der Waals surface area contributed by atoms with E-state index in [0.29, 0.717) is 5.75 Å². The molecule has 1 atom stereocenters. The molecule has 0 radical (unpaired) electrons. The maximum atomic E-state index is 12.5. The van der Waals surface area contributed by atoms with Gasteiger partial charge in [0.2, 0.25) is 5.91 Å². The molecule has 1 heterocycles. The number of halogens is 1. The van der Waals surface area contributed by atoms with Gasteiger partial charge in [0.15, 0.2) is 0 Å². The summed E-state index contributed by atoms with van der Waals surface area (Å²) in [6.07, 6.45) is 0.754. The summed E-state index contributed by atoms with van der Waals surface area (Å²) >= 11 is 7.74. The van der Waals surface area contributed by atoms with Crippen molar-refractivity contribution >= 4 is 29.3 Å². The first-order chi connectivity index (χ1) is 12.3. The van der Waals surface area contributed by atoms with Crippen LogP contribution in [0.3, 0.4) is 0 Å². The van der Waals surface area contributed by atoms with Gasteiger partial charge in [-0.1, -0.05) is 41.9 Å². The van der Waals surface area contributed by atoms with Crippen LogP contribution in [0, 0.1) is 6.92 Å². The third-order valence-electron chi connectivity index (χ3n) is 4.41. The molecule has 0 bridgehead atoms. The smallest absolute Gasteiger partial charge is 0.230 e. The van der Waals surface area contributed by atoms with Crippen molar-refractivity contribution < 1.29 is 9.53 Å². The zero-order chi connectivity index (χ0) is 18.7. The highest BCUT2D eigenvalue weighted by Gasteiger charge is 2.34. The normalized spacial score (nSPS) is 17.9. The van der Waals surface area contributed by atoms with Crippen molar-refractivity contribution in [2.24, 2.45) is 0 Å². The third kappa shape index (κ3) is 4.74. The van der Waals surface area contributed by atoms with Crippen LogP contribution in [0.2, 0.25) is 5.02 Å². The number of rotatable bonds is 5. The Balaban J connectivity index is 1.61. The summed E-state index contributed by atoms with van der Waals surface area (Å²) < 4.78 is 6.09. The van der Waals surface area contributed by atoms with E-state index in [1.165, 1.54) is 0 Å². The molecule has 3 nitrogen and oxygen atoms in total. The summed E-state index contributed by atoms with van der Waals surface area (Å²) in [5, 5.41) is 3.92. The van der Waals surface area contributed by atoms with Crippen molar-refractivity contribution in [2.75, 3.05) is 5.75 Å². The van der Waals surface area contributed by atoms with E-state index in [1.807, 2.05) is 37.3 Å². The predicted molar refractivity (Wildman–Crippen MR) is 109 cm³/mol. The van der Waals surface area contributed by atoms with Crippen molar-refractivity contribution in [1.82, 2.24) is 5.32 Å². The molecule has 3 rings (SSSR count). The van der Waals surface area contributed by atoms with Gasteiger partial charge in [0, 0.05) is 22.8 Å². The number of fused-ring (bicyclic) bond motifs is 1. The van der Waals surface area contributed by atoms with Gasteiger partial charge in [0.05, 0.1) is 11.8 Å². The summed E-state index contributed by atoms with van der Waals surface area (Å²) in [6, 6.07) is 13.9. The minimum atomic E-state index is -0.302. The Morgan fingerprint density at radius 1 is 1.31 bits per heavy atom. The fourth-order valence-corrected chi connectivity index (χ4v) is 4.32. The number of benzene rings is 2. The van der Waals surface area contributed by atoms with Gasteiger partial charge in [-0.3, -0.25) is 4.79 Å². The molecule has 0 aromatic heterocycles. The van der Waals surface area contributed by atoms with Crippen LogP contribution in [-0.4, -0.2) is 17.3 Å². The molecule has 0 fully saturated rings. The first kappa shape index (κ1) is 19.1. The van der Waals surface area contributed by atoms with Gasteiger partial charge >= 0.3 is 0 Å². The molecule has 2 aromatic rings. The highest BCUT2D eigenvalue weighted by molar-refractivity contribution is 7.99. The SMILES string of the molecule is Cc1ccc2c(c1)OC(C)(C)CC2NC(=O)CSCc1ccccc1Cl. The molecule has 0 spiro atoms. The lowest BCUT2D eigenvalue weighted by molar-refractivity contribution is -0.119. The Bertz CT molecular complexity index is 806. The van der Waals surface area contributed by atoms with Gasteiger partial charge in [-0.2, -0.15) is 0 Å². The highest BCUT2D eigenvalue weighted by atomic mass is 35.5. The number of hydrogen-bond donors (Lipinski definition) is 1. The standard InChI is InChI=1S/C21H24ClNO2S/c1-14-8-9-16-18(11-21(2,3)25-19(16)10-14)23-20(24)13-26-12-15-6-4-5-7-17(15)22/h4-10,18H,11-13H2,1-3H3,(H,23,24). The van der Waals surface area contributed by atoms with E-state index in [0.717, 1.165) is 39.6 Å². The van der Waals surface area contributed by atoms with E-state index < -0.39 is 0 Å². The lowest BCUT2D eigenvalue weighted by Crippen LogP contribution is -2.41. The van der Waals surface area contributed by atoms with Crippen molar-refractivity contribution in [3.8, 4) is 5.75 Å². The van der Waals surface area contributed by atoms with Crippen LogP contribution in [0.15, 0.2) is 42.5 Å². The van der Waals surface area contributed by atoms with E-state index in [2.05, 4.69) is 31.3 Å². The molecule has 0 saturated heterocycles. The number of nitrogens with one attached hydrogen (secondary N) is 1. The molecule has 1 amide bonds. The number of thioether (sulfide) groups is 1. The van der Waals surface area contributed by atoms with E-state index in [1.54, 1.807) is 11.8 Å². The Labute approximate surface area is 164 Å². The van der Waals surface area contributed by atoms with Gasteiger partial charge in [-0.25, -0.2) is 0 Å². The number of hydrogen-bond acceptors (Lipinski definition) is 3. The maximum Gasteiger partial charge on any atom is 0.230 e. The van der Waals surface area contributed by atoms with E-state index in [-0.39, 0.29) is 17.6 Å². The van der Waals surface area contributed by atoms with Gasteiger partial charge in [0.25, 0.3) is 0 Å². The molecule has 2 aromatic carbocycles. The topological polar surface area (TPSA) is 38.3 Å². The average Bonchev–Trinajstić information content (AvgIpc) is 2.55. The monoisotopic (exact) mass is 389 g/mol. The number of ether oxygens (including phenoxy) is 1. The van der Waals surface area contributed by atoms with Gasteiger partial charge in [-0.15, -0.1) is 11.8 Å². The van der Waals surface area contributed by atoms with Crippen LogP contribution in [0.5, 0.6) is 5.75 Å². The second-order valence-electron chi connectivity index (χ2n) is 7.31. The first-order valence-electron chi connectivity index (χ1n) is 8.74. The second kappa shape index (κ2) is 7.93. The van der Waals surface area contributed by atoms with Crippen LogP contribution < -0.4 is 10.1 Å². The number of carbonyl (C=O) groups is 1. The van der Waals surface area contributed by atoms with Crippen LogP contribution in [-0.2, 0) is 10.5 Å². The number of amides is 1. The number of aryl methyl sites for hydroxylation is 1. The van der Waals surface area contributed by atoms with Crippen LogP contribution in [0.25, 0.3) is 0 Å². The van der Waals surface area contributed by atoms with Gasteiger partial charge in [-0.05, 0) is 44.0 Å². The summed E-state index contributed by atoms with van der Waals surface area (Å²) in [6.45, 7) is 6.16. The van der Waals surface area contributed by atoms with Crippen molar-refractivity contribution in [2.45, 2.75) is 44.6 Å². The Kier molecular flexibility index (Phi) is 5.83. The summed E-state index contributed by atoms with van der Waals surface area (Å²) in [7, 11) is 0. The number of carbonyl (C=O) groups excluding carboxylic acids is 1. The van der Waals surface area contributed by atoms with Crippen molar-refractivity contribution in [3.05, 3.63) is 64.2 Å². The summed E-state index contributed by atoms with van der Waals surface area (Å²) in [5.74, 6) is 2.04. The van der Waals surface area contributed by atoms with Crippen molar-refractivity contribution in [3.63, 3.8) is 0 Å². The minimum absolute atomic E-state index is 0.0252. The second-order valence-corrected chi connectivity index (χ2v) is 8.70. The summed E-state index contributed by atoms with van der Waals surface area (Å²) in [5.41, 5.74) is 2.96. The largest absolute Gasteiger partial charge is 0.487 e. The van der Waals surface area contributed by atoms with E-state index in [4.69, 9.17) is 16.3 Å². The predicted octanol–water partition coefficient (Wildman–Crippen LogP) is 5.30. The Morgan fingerprint density at radius 2 is 2.08 bits per heavy atom. The Morgan fingerprint density at radius 3 is 2.85 bits per heavy atom. The maximum absolute atomic E-state index is 12.5. The third-order valence-corrected chi connectivity index (χ3v) is 5.76. The molecule has 5 heteroatoms. The molecular formula is C21H24ClNO2S. The molecule has 0 aliphatic carbocycles. The van der Waals surface area contributed by atoms with Crippen LogP contribution in [0.4, 0.5) is 0 Å². The lowest BCUT2D eigenvalue weighted by Gasteiger charge is -2.38.